The Balaban J connectivity index is 1.92. The summed E-state index contributed by atoms with van der Waals surface area (Å²) in [6, 6.07) is 8.91. The van der Waals surface area contributed by atoms with Gasteiger partial charge in [0, 0.05) is 32.0 Å². The summed E-state index contributed by atoms with van der Waals surface area (Å²) in [7, 11) is -1.66. The van der Waals surface area contributed by atoms with Crippen molar-refractivity contribution in [2.45, 2.75) is 24.8 Å². The van der Waals surface area contributed by atoms with Crippen LogP contribution < -0.4 is 10.6 Å². The van der Waals surface area contributed by atoms with E-state index < -0.39 is 21.5 Å². The Hall–Kier alpha value is -2.48. The molecule has 0 aliphatic carbocycles. The molecule has 0 amide bonds. The number of hydrogen-bond acceptors (Lipinski definition) is 3. The molecule has 27 heavy (non-hydrogen) atoms. The van der Waals surface area contributed by atoms with Gasteiger partial charge in [-0.3, -0.25) is 4.99 Å². The number of aryl methyl sites for hydroxylation is 1. The number of nitrogens with one attached hydrogen (secondary N) is 2. The van der Waals surface area contributed by atoms with E-state index in [0.717, 1.165) is 5.56 Å². The highest BCUT2D eigenvalue weighted by molar-refractivity contribution is 7.90. The highest BCUT2D eigenvalue weighted by atomic mass is 32.2. The quantitative estimate of drug-likeness (QED) is 0.583. The van der Waals surface area contributed by atoms with Crippen LogP contribution in [-0.4, -0.2) is 34.2 Å². The zero-order chi connectivity index (χ0) is 20.0. The van der Waals surface area contributed by atoms with Gasteiger partial charge in [-0.15, -0.1) is 0 Å². The van der Waals surface area contributed by atoms with Crippen LogP contribution in [0.15, 0.2) is 46.3 Å². The topological polar surface area (TPSA) is 70.6 Å². The van der Waals surface area contributed by atoms with E-state index in [2.05, 4.69) is 15.6 Å². The van der Waals surface area contributed by atoms with Gasteiger partial charge in [-0.1, -0.05) is 18.2 Å². The number of aliphatic imine (C=N–C) groups is 1. The summed E-state index contributed by atoms with van der Waals surface area (Å²) in [5, 5.41) is 6.09. The number of nitrogens with zero attached hydrogens (tertiary/aromatic N) is 1. The van der Waals surface area contributed by atoms with Crippen molar-refractivity contribution in [3.63, 3.8) is 0 Å². The van der Waals surface area contributed by atoms with E-state index in [-0.39, 0.29) is 12.0 Å². The number of rotatable bonds is 6. The minimum Gasteiger partial charge on any atom is -0.356 e. The molecule has 0 bridgehead atoms. The van der Waals surface area contributed by atoms with Gasteiger partial charge in [0.25, 0.3) is 0 Å². The normalized spacial score (nSPS) is 12.1. The van der Waals surface area contributed by atoms with Crippen LogP contribution in [0.5, 0.6) is 0 Å². The van der Waals surface area contributed by atoms with Crippen LogP contribution in [0.25, 0.3) is 0 Å². The molecule has 0 radical (unpaired) electrons. The largest absolute Gasteiger partial charge is 0.356 e. The summed E-state index contributed by atoms with van der Waals surface area (Å²) in [6.07, 6.45) is 1.36. The Morgan fingerprint density at radius 2 is 1.78 bits per heavy atom. The molecule has 2 N–H and O–H groups in total. The molecule has 0 spiro atoms. The maximum atomic E-state index is 13.6. The van der Waals surface area contributed by atoms with Crippen LogP contribution >= 0.6 is 0 Å². The second-order valence-corrected chi connectivity index (χ2v) is 8.16. The number of hydrogen-bond donors (Lipinski definition) is 2. The van der Waals surface area contributed by atoms with Crippen molar-refractivity contribution in [3.05, 3.63) is 64.7 Å². The van der Waals surface area contributed by atoms with Crippen molar-refractivity contribution in [1.82, 2.24) is 10.6 Å². The van der Waals surface area contributed by atoms with Gasteiger partial charge in [0.05, 0.1) is 4.90 Å². The lowest BCUT2D eigenvalue weighted by atomic mass is 10.1. The molecule has 0 unspecified atom stereocenters. The summed E-state index contributed by atoms with van der Waals surface area (Å²) in [5.41, 5.74) is 1.60. The van der Waals surface area contributed by atoms with Gasteiger partial charge >= 0.3 is 0 Å². The highest BCUT2D eigenvalue weighted by Gasteiger charge is 2.11. The third kappa shape index (κ3) is 5.75. The monoisotopic (exact) mass is 395 g/mol. The van der Waals surface area contributed by atoms with Crippen LogP contribution in [0.2, 0.25) is 0 Å². The van der Waals surface area contributed by atoms with E-state index in [1.165, 1.54) is 24.5 Å². The first-order valence-corrected chi connectivity index (χ1v) is 10.3. The predicted molar refractivity (Wildman–Crippen MR) is 103 cm³/mol. The minimum absolute atomic E-state index is 0.0347. The average Bonchev–Trinajstić information content (AvgIpc) is 2.59. The number of halogens is 2. The third-order valence-electron chi connectivity index (χ3n) is 4.05. The fraction of sp³-hybridized carbons (Fsp3) is 0.316. The van der Waals surface area contributed by atoms with E-state index in [0.29, 0.717) is 29.5 Å². The van der Waals surface area contributed by atoms with E-state index >= 15 is 0 Å². The zero-order valence-corrected chi connectivity index (χ0v) is 16.3. The molecule has 0 aliphatic heterocycles. The van der Waals surface area contributed by atoms with Crippen molar-refractivity contribution in [2.75, 3.05) is 19.8 Å². The Morgan fingerprint density at radius 3 is 2.33 bits per heavy atom. The van der Waals surface area contributed by atoms with Gasteiger partial charge in [0.2, 0.25) is 0 Å². The molecule has 2 aromatic carbocycles. The van der Waals surface area contributed by atoms with Crippen LogP contribution in [0.3, 0.4) is 0 Å². The van der Waals surface area contributed by atoms with Crippen LogP contribution in [0.1, 0.15) is 16.7 Å². The van der Waals surface area contributed by atoms with Crippen LogP contribution in [0, 0.1) is 18.6 Å². The smallest absolute Gasteiger partial charge is 0.191 e. The lowest BCUT2D eigenvalue weighted by Gasteiger charge is -2.13. The summed E-state index contributed by atoms with van der Waals surface area (Å²) in [6.45, 7) is 2.48. The highest BCUT2D eigenvalue weighted by Crippen LogP contribution is 2.16. The molecule has 2 aromatic rings. The summed E-state index contributed by atoms with van der Waals surface area (Å²) in [4.78, 5) is 4.38. The standard InChI is InChI=1S/C19H23F2N3O2S/c1-13-11-14(7-8-18(13)27(3,25)26)12-24-19(22-2)23-10-9-15-16(20)5-4-6-17(15)21/h4-8,11H,9-10,12H2,1-3H3,(H2,22,23,24). The second-order valence-electron chi connectivity index (χ2n) is 6.17. The molecule has 8 heteroatoms. The van der Waals surface area contributed by atoms with Gasteiger partial charge in [-0.05, 0) is 42.7 Å². The first-order chi connectivity index (χ1) is 12.7. The summed E-state index contributed by atoms with van der Waals surface area (Å²) in [5.74, 6) is -0.654. The number of guanidine groups is 1. The molecule has 2 rings (SSSR count). The fourth-order valence-corrected chi connectivity index (χ4v) is 3.68. The molecule has 0 aromatic heterocycles. The average molecular weight is 395 g/mol. The Morgan fingerprint density at radius 1 is 1.11 bits per heavy atom. The van der Waals surface area contributed by atoms with Gasteiger partial charge in [-0.2, -0.15) is 0 Å². The van der Waals surface area contributed by atoms with Crippen molar-refractivity contribution >= 4 is 15.8 Å². The Kier molecular flexibility index (Phi) is 6.90. The van der Waals surface area contributed by atoms with Crippen molar-refractivity contribution in [2.24, 2.45) is 4.99 Å². The van der Waals surface area contributed by atoms with Gasteiger partial charge in [-0.25, -0.2) is 17.2 Å². The maximum absolute atomic E-state index is 13.6. The molecular weight excluding hydrogens is 372 g/mol. The molecule has 0 saturated heterocycles. The zero-order valence-electron chi connectivity index (χ0n) is 15.5. The SMILES string of the molecule is CN=C(NCCc1c(F)cccc1F)NCc1ccc(S(C)(=O)=O)c(C)c1. The molecule has 0 fully saturated rings. The fourth-order valence-electron chi connectivity index (χ4n) is 2.72. The van der Waals surface area contributed by atoms with Crippen LogP contribution in [0.4, 0.5) is 8.78 Å². The van der Waals surface area contributed by atoms with Crippen molar-refractivity contribution in [1.29, 1.82) is 0 Å². The number of benzene rings is 2. The predicted octanol–water partition coefficient (Wildman–Crippen LogP) is 2.58. The first kappa shape index (κ1) is 20.8. The Bertz CT molecular complexity index is 924. The molecular formula is C19H23F2N3O2S. The van der Waals surface area contributed by atoms with E-state index in [1.807, 2.05) is 0 Å². The van der Waals surface area contributed by atoms with Crippen molar-refractivity contribution < 1.29 is 17.2 Å². The summed E-state index contributed by atoms with van der Waals surface area (Å²) >= 11 is 0. The van der Waals surface area contributed by atoms with Gasteiger partial charge < -0.3 is 10.6 Å². The summed E-state index contributed by atoms with van der Waals surface area (Å²) < 4.78 is 50.6. The molecule has 0 saturated carbocycles. The van der Waals surface area contributed by atoms with E-state index in [1.54, 1.807) is 32.2 Å². The van der Waals surface area contributed by atoms with Crippen LogP contribution in [-0.2, 0) is 22.8 Å². The van der Waals surface area contributed by atoms with E-state index in [9.17, 15) is 17.2 Å². The molecule has 0 heterocycles. The Labute approximate surface area is 158 Å². The first-order valence-electron chi connectivity index (χ1n) is 8.39. The maximum Gasteiger partial charge on any atom is 0.191 e. The van der Waals surface area contributed by atoms with Crippen molar-refractivity contribution in [3.8, 4) is 0 Å². The third-order valence-corrected chi connectivity index (χ3v) is 5.31. The minimum atomic E-state index is -3.25. The van der Waals surface area contributed by atoms with E-state index in [4.69, 9.17) is 0 Å². The van der Waals surface area contributed by atoms with Gasteiger partial charge in [0.1, 0.15) is 11.6 Å². The molecule has 146 valence electrons. The molecule has 0 atom stereocenters. The second kappa shape index (κ2) is 8.94. The van der Waals surface area contributed by atoms with Gasteiger partial charge in [0.15, 0.2) is 15.8 Å². The molecule has 0 aliphatic rings. The lowest BCUT2D eigenvalue weighted by molar-refractivity contribution is 0.553. The lowest BCUT2D eigenvalue weighted by Crippen LogP contribution is -2.38. The molecule has 5 nitrogen and oxygen atoms in total. The number of sulfone groups is 1.